The van der Waals surface area contributed by atoms with Crippen molar-refractivity contribution in [1.29, 1.82) is 0 Å². The van der Waals surface area contributed by atoms with Crippen LogP contribution in [0.2, 0.25) is 0 Å². The van der Waals surface area contributed by atoms with Crippen molar-refractivity contribution in [2.75, 3.05) is 6.54 Å². The minimum atomic E-state index is 0.0805. The average molecular weight is 343 g/mol. The van der Waals surface area contributed by atoms with E-state index in [9.17, 15) is 4.79 Å². The third kappa shape index (κ3) is 2.72. The number of nitrogens with zero attached hydrogens (tertiary/aromatic N) is 2. The predicted molar refractivity (Wildman–Crippen MR) is 94.0 cm³/mol. The predicted octanol–water partition coefficient (Wildman–Crippen LogP) is 4.49. The molecule has 0 bridgehead atoms. The highest BCUT2D eigenvalue weighted by Gasteiger charge is 2.31. The monoisotopic (exact) mass is 343 g/mol. The molecule has 0 aliphatic carbocycles. The molecule has 0 radical (unpaired) electrons. The van der Waals surface area contributed by atoms with Crippen molar-refractivity contribution < 1.29 is 4.79 Å². The molecule has 0 aromatic carbocycles. The van der Waals surface area contributed by atoms with Gasteiger partial charge in [-0.3, -0.25) is 4.79 Å². The summed E-state index contributed by atoms with van der Waals surface area (Å²) in [5.74, 6) is 0.0805. The number of aromatic nitrogens is 2. The van der Waals surface area contributed by atoms with Crippen LogP contribution in [0.15, 0.2) is 34.5 Å². The molecule has 1 atom stereocenters. The quantitative estimate of drug-likeness (QED) is 0.762. The highest BCUT2D eigenvalue weighted by Crippen LogP contribution is 2.34. The molecule has 3 aromatic rings. The molecule has 4 rings (SSSR count). The first kappa shape index (κ1) is 14.7. The minimum absolute atomic E-state index is 0.0805. The number of H-pyrrole nitrogens is 1. The first-order valence-corrected chi connectivity index (χ1v) is 9.48. The van der Waals surface area contributed by atoms with Gasteiger partial charge in [-0.2, -0.15) is 11.3 Å². The van der Waals surface area contributed by atoms with Crippen molar-refractivity contribution in [2.24, 2.45) is 0 Å². The van der Waals surface area contributed by atoms with Crippen molar-refractivity contribution >= 4 is 28.6 Å². The number of aromatic amines is 1. The van der Waals surface area contributed by atoms with E-state index in [4.69, 9.17) is 0 Å². The summed E-state index contributed by atoms with van der Waals surface area (Å²) in [5.41, 5.74) is 3.80. The zero-order valence-corrected chi connectivity index (χ0v) is 14.4. The molecule has 23 heavy (non-hydrogen) atoms. The van der Waals surface area contributed by atoms with Crippen LogP contribution in [0.3, 0.4) is 0 Å². The summed E-state index contributed by atoms with van der Waals surface area (Å²) in [7, 11) is 0. The van der Waals surface area contributed by atoms with Gasteiger partial charge in [-0.05, 0) is 48.2 Å². The van der Waals surface area contributed by atoms with Gasteiger partial charge in [-0.1, -0.05) is 0 Å². The number of hydrogen-bond donors (Lipinski definition) is 1. The third-order valence-corrected chi connectivity index (χ3v) is 5.74. The van der Waals surface area contributed by atoms with Crippen LogP contribution in [0.4, 0.5) is 0 Å². The van der Waals surface area contributed by atoms with E-state index < -0.39 is 0 Å². The van der Waals surface area contributed by atoms with E-state index in [1.54, 1.807) is 22.7 Å². The van der Waals surface area contributed by atoms with E-state index in [0.717, 1.165) is 35.7 Å². The van der Waals surface area contributed by atoms with Crippen LogP contribution >= 0.6 is 22.7 Å². The molecule has 1 saturated heterocycles. The Morgan fingerprint density at radius 3 is 3.09 bits per heavy atom. The Morgan fingerprint density at radius 1 is 1.43 bits per heavy atom. The van der Waals surface area contributed by atoms with Crippen LogP contribution in [0.25, 0.3) is 11.3 Å². The normalized spacial score (nSPS) is 17.8. The largest absolute Gasteiger partial charge is 0.357 e. The van der Waals surface area contributed by atoms with Crippen LogP contribution in [0.1, 0.15) is 39.9 Å². The van der Waals surface area contributed by atoms with Gasteiger partial charge in [0.05, 0.1) is 16.7 Å². The highest BCUT2D eigenvalue weighted by molar-refractivity contribution is 7.09. The fourth-order valence-corrected chi connectivity index (χ4v) is 4.47. The molecule has 118 valence electrons. The lowest BCUT2D eigenvalue weighted by molar-refractivity contribution is 0.0730. The Bertz CT molecular complexity index is 819. The van der Waals surface area contributed by atoms with E-state index in [-0.39, 0.29) is 11.9 Å². The molecule has 1 aliphatic heterocycles. The molecular formula is C17H17N3OS2. The Morgan fingerprint density at radius 2 is 2.35 bits per heavy atom. The molecule has 1 N–H and O–H groups in total. The molecule has 1 fully saturated rings. The molecule has 1 aliphatic rings. The van der Waals surface area contributed by atoms with Gasteiger partial charge in [-0.25, -0.2) is 4.98 Å². The molecule has 4 heterocycles. The van der Waals surface area contributed by atoms with E-state index in [2.05, 4.69) is 26.8 Å². The maximum absolute atomic E-state index is 12.9. The zero-order chi connectivity index (χ0) is 15.8. The van der Waals surface area contributed by atoms with Gasteiger partial charge in [0, 0.05) is 23.7 Å². The first-order valence-electron chi connectivity index (χ1n) is 7.66. The van der Waals surface area contributed by atoms with Crippen molar-refractivity contribution in [3.05, 3.63) is 50.7 Å². The van der Waals surface area contributed by atoms with Gasteiger partial charge in [-0.15, -0.1) is 11.3 Å². The summed E-state index contributed by atoms with van der Waals surface area (Å²) in [5, 5.41) is 7.28. The lowest BCUT2D eigenvalue weighted by Gasteiger charge is -2.23. The topological polar surface area (TPSA) is 49.0 Å². The molecule has 3 aromatic heterocycles. The van der Waals surface area contributed by atoms with Crippen LogP contribution in [-0.4, -0.2) is 27.3 Å². The van der Waals surface area contributed by atoms with Crippen molar-refractivity contribution in [1.82, 2.24) is 14.9 Å². The van der Waals surface area contributed by atoms with Gasteiger partial charge >= 0.3 is 0 Å². The highest BCUT2D eigenvalue weighted by atomic mass is 32.1. The molecule has 4 nitrogen and oxygen atoms in total. The number of likely N-dealkylation sites (tertiary alicyclic amines) is 1. The van der Waals surface area contributed by atoms with Crippen molar-refractivity contribution in [3.8, 4) is 11.3 Å². The molecule has 0 saturated carbocycles. The number of nitrogens with one attached hydrogen (secondary N) is 1. The van der Waals surface area contributed by atoms with Gasteiger partial charge in [0.15, 0.2) is 0 Å². The second-order valence-corrected chi connectivity index (χ2v) is 7.61. The van der Waals surface area contributed by atoms with E-state index in [1.165, 1.54) is 5.56 Å². The first-order chi connectivity index (χ1) is 11.2. The van der Waals surface area contributed by atoms with Gasteiger partial charge in [0.1, 0.15) is 5.69 Å². The smallest absolute Gasteiger partial charge is 0.270 e. The van der Waals surface area contributed by atoms with E-state index >= 15 is 0 Å². The van der Waals surface area contributed by atoms with Crippen LogP contribution in [-0.2, 0) is 0 Å². The maximum atomic E-state index is 12.9. The molecule has 0 unspecified atom stereocenters. The number of hydrogen-bond acceptors (Lipinski definition) is 4. The standard InChI is InChI=1S/C17H17N3OS2/c1-11-19-15(10-23-11)13-7-14(18-8-13)17(21)20-5-2-3-16(20)12-4-6-22-9-12/h4,6-10,16,18H,2-3,5H2,1H3/t16-/m0/s1. The Kier molecular flexibility index (Phi) is 3.79. The van der Waals surface area contributed by atoms with Gasteiger partial charge in [0.25, 0.3) is 5.91 Å². The van der Waals surface area contributed by atoms with Crippen molar-refractivity contribution in [3.63, 3.8) is 0 Å². The summed E-state index contributed by atoms with van der Waals surface area (Å²) < 4.78 is 0. The fourth-order valence-electron chi connectivity index (χ4n) is 3.14. The minimum Gasteiger partial charge on any atom is -0.357 e. The fraction of sp³-hybridized carbons (Fsp3) is 0.294. The van der Waals surface area contributed by atoms with Gasteiger partial charge in [0.2, 0.25) is 0 Å². The summed E-state index contributed by atoms with van der Waals surface area (Å²) in [6, 6.07) is 4.25. The Labute approximate surface area is 142 Å². The summed E-state index contributed by atoms with van der Waals surface area (Å²) >= 11 is 3.31. The lowest BCUT2D eigenvalue weighted by atomic mass is 10.1. The Hall–Kier alpha value is -1.92. The number of rotatable bonds is 3. The summed E-state index contributed by atoms with van der Waals surface area (Å²) in [4.78, 5) is 22.5. The van der Waals surface area contributed by atoms with Crippen molar-refractivity contribution in [2.45, 2.75) is 25.8 Å². The maximum Gasteiger partial charge on any atom is 0.270 e. The van der Waals surface area contributed by atoms with Crippen LogP contribution in [0.5, 0.6) is 0 Å². The second-order valence-electron chi connectivity index (χ2n) is 5.77. The average Bonchev–Trinajstić information content (AvgIpc) is 3.31. The number of carbonyl (C=O) groups is 1. The molecule has 0 spiro atoms. The number of thiophene rings is 1. The number of amides is 1. The van der Waals surface area contributed by atoms with Gasteiger partial charge < -0.3 is 9.88 Å². The molecule has 1 amide bonds. The van der Waals surface area contributed by atoms with Crippen LogP contribution < -0.4 is 0 Å². The van der Waals surface area contributed by atoms with E-state index in [1.807, 2.05) is 29.5 Å². The lowest BCUT2D eigenvalue weighted by Crippen LogP contribution is -2.30. The summed E-state index contributed by atoms with van der Waals surface area (Å²) in [6.07, 6.45) is 3.98. The van der Waals surface area contributed by atoms with E-state index in [0.29, 0.717) is 5.69 Å². The number of aryl methyl sites for hydroxylation is 1. The zero-order valence-electron chi connectivity index (χ0n) is 12.8. The second kappa shape index (κ2) is 5.94. The van der Waals surface area contributed by atoms with Crippen LogP contribution in [0, 0.1) is 6.92 Å². The molecule has 6 heteroatoms. The Balaban J connectivity index is 1.58. The third-order valence-electron chi connectivity index (χ3n) is 4.27. The number of thiazole rings is 1. The SMILES string of the molecule is Cc1nc(-c2c[nH]c(C(=O)N3CCC[C@H]3c3ccsc3)c2)cs1. The number of carbonyl (C=O) groups excluding carboxylic acids is 1. The molecular weight excluding hydrogens is 326 g/mol. The summed E-state index contributed by atoms with van der Waals surface area (Å²) in [6.45, 7) is 2.81.